The average Bonchev–Trinajstić information content (AvgIpc) is 1.80. The Hall–Kier alpha value is -0.283. The molecule has 0 saturated carbocycles. The van der Waals surface area contributed by atoms with Gasteiger partial charge in [-0.2, -0.15) is 0 Å². The zero-order chi connectivity index (χ0) is 9.99. The lowest BCUT2D eigenvalue weighted by atomic mass is 10.1. The van der Waals surface area contributed by atoms with Gasteiger partial charge in [0.2, 0.25) is 0 Å². The smallest absolute Gasteiger partial charge is 0.185 e. The Balaban J connectivity index is 4.44. The van der Waals surface area contributed by atoms with Crippen molar-refractivity contribution in [3.63, 3.8) is 0 Å². The van der Waals surface area contributed by atoms with Crippen LogP contribution in [0.1, 0.15) is 20.8 Å². The first-order chi connectivity index (χ1) is 5.19. The molecule has 0 radical (unpaired) electrons. The fraction of sp³-hybridized carbons (Fsp3) is 0.778. The Morgan fingerprint density at radius 3 is 2.00 bits per heavy atom. The molecule has 0 spiro atoms. The summed E-state index contributed by atoms with van der Waals surface area (Å²) in [5.41, 5.74) is -0.529. The SMILES string of the molecule is C/C=C(\O)C(C)(C)O[Si](C)(C)C. The maximum absolute atomic E-state index is 9.51. The van der Waals surface area contributed by atoms with E-state index in [2.05, 4.69) is 19.6 Å². The second kappa shape index (κ2) is 3.62. The van der Waals surface area contributed by atoms with E-state index in [0.29, 0.717) is 5.76 Å². The molecule has 1 N–H and O–H groups in total. The van der Waals surface area contributed by atoms with Crippen LogP contribution in [0.5, 0.6) is 0 Å². The average molecular weight is 188 g/mol. The lowest BCUT2D eigenvalue weighted by Crippen LogP contribution is -2.39. The molecule has 72 valence electrons. The van der Waals surface area contributed by atoms with Crippen molar-refractivity contribution in [2.24, 2.45) is 0 Å². The largest absolute Gasteiger partial charge is 0.510 e. The van der Waals surface area contributed by atoms with Gasteiger partial charge in [0.05, 0.1) is 0 Å². The fourth-order valence-corrected chi connectivity index (χ4v) is 2.80. The molecule has 0 aromatic heterocycles. The minimum absolute atomic E-state index is 0.310. The second-order valence-electron chi connectivity index (χ2n) is 4.40. The molecular formula is C9H20O2Si. The summed E-state index contributed by atoms with van der Waals surface area (Å²) in [5.74, 6) is 0.310. The van der Waals surface area contributed by atoms with Gasteiger partial charge >= 0.3 is 0 Å². The van der Waals surface area contributed by atoms with E-state index in [1.54, 1.807) is 6.08 Å². The zero-order valence-electron chi connectivity index (χ0n) is 8.93. The Morgan fingerprint density at radius 2 is 1.75 bits per heavy atom. The van der Waals surface area contributed by atoms with Crippen molar-refractivity contribution in [3.05, 3.63) is 11.8 Å². The molecule has 0 saturated heterocycles. The van der Waals surface area contributed by atoms with Crippen molar-refractivity contribution < 1.29 is 9.53 Å². The lowest BCUT2D eigenvalue weighted by molar-refractivity contribution is 0.0888. The summed E-state index contributed by atoms with van der Waals surface area (Å²) in [5, 5.41) is 9.51. The van der Waals surface area contributed by atoms with Crippen LogP contribution in [0.2, 0.25) is 19.6 Å². The van der Waals surface area contributed by atoms with Gasteiger partial charge in [0.1, 0.15) is 11.4 Å². The molecule has 0 unspecified atom stereocenters. The highest BCUT2D eigenvalue weighted by Crippen LogP contribution is 2.23. The quantitative estimate of drug-likeness (QED) is 0.545. The molecule has 3 heteroatoms. The Morgan fingerprint density at radius 1 is 1.33 bits per heavy atom. The van der Waals surface area contributed by atoms with Gasteiger partial charge in [0.25, 0.3) is 0 Å². The van der Waals surface area contributed by atoms with Crippen LogP contribution < -0.4 is 0 Å². The maximum Gasteiger partial charge on any atom is 0.185 e. The van der Waals surface area contributed by atoms with Gasteiger partial charge in [-0.1, -0.05) is 0 Å². The number of aliphatic hydroxyl groups excluding tert-OH is 1. The van der Waals surface area contributed by atoms with Crippen molar-refractivity contribution in [2.45, 2.75) is 46.0 Å². The van der Waals surface area contributed by atoms with Gasteiger partial charge in [-0.05, 0) is 46.5 Å². The summed E-state index contributed by atoms with van der Waals surface area (Å²) in [6.45, 7) is 11.9. The van der Waals surface area contributed by atoms with Gasteiger partial charge in [-0.25, -0.2) is 0 Å². The van der Waals surface area contributed by atoms with E-state index in [1.165, 1.54) is 0 Å². The van der Waals surface area contributed by atoms with Crippen LogP contribution in [0.3, 0.4) is 0 Å². The number of hydrogen-bond donors (Lipinski definition) is 1. The van der Waals surface area contributed by atoms with Crippen molar-refractivity contribution in [1.29, 1.82) is 0 Å². The number of allylic oxidation sites excluding steroid dienone is 1. The minimum atomic E-state index is -1.57. The molecule has 0 atom stereocenters. The van der Waals surface area contributed by atoms with E-state index < -0.39 is 13.9 Å². The van der Waals surface area contributed by atoms with Gasteiger partial charge in [-0.3, -0.25) is 0 Å². The van der Waals surface area contributed by atoms with Gasteiger partial charge in [0.15, 0.2) is 8.32 Å². The normalized spacial score (nSPS) is 15.0. The predicted molar refractivity (Wildman–Crippen MR) is 54.9 cm³/mol. The Bertz CT molecular complexity index is 177. The summed E-state index contributed by atoms with van der Waals surface area (Å²) in [6.07, 6.45) is 1.68. The van der Waals surface area contributed by atoms with Crippen molar-refractivity contribution in [3.8, 4) is 0 Å². The molecule has 0 bridgehead atoms. The standard InChI is InChI=1S/C9H20O2Si/c1-7-8(10)9(2,3)11-12(4,5)6/h7,10H,1-6H3/b8-7-. The van der Waals surface area contributed by atoms with Crippen molar-refractivity contribution >= 4 is 8.32 Å². The molecule has 0 heterocycles. The topological polar surface area (TPSA) is 29.5 Å². The lowest BCUT2D eigenvalue weighted by Gasteiger charge is -2.32. The third kappa shape index (κ3) is 3.92. The van der Waals surface area contributed by atoms with E-state index >= 15 is 0 Å². The first-order valence-corrected chi connectivity index (χ1v) is 7.66. The molecule has 0 fully saturated rings. The number of rotatable bonds is 3. The number of hydrogen-bond acceptors (Lipinski definition) is 2. The highest BCUT2D eigenvalue weighted by Gasteiger charge is 2.30. The molecule has 0 rings (SSSR count). The molecule has 0 aromatic carbocycles. The van der Waals surface area contributed by atoms with Crippen LogP contribution in [-0.4, -0.2) is 19.0 Å². The van der Waals surface area contributed by atoms with Gasteiger partial charge in [-0.15, -0.1) is 0 Å². The molecule has 0 aromatic rings. The van der Waals surface area contributed by atoms with E-state index in [4.69, 9.17) is 4.43 Å². The van der Waals surface area contributed by atoms with Crippen molar-refractivity contribution in [1.82, 2.24) is 0 Å². The summed E-state index contributed by atoms with van der Waals surface area (Å²) in [7, 11) is -1.57. The minimum Gasteiger partial charge on any atom is -0.510 e. The molecule has 0 aliphatic rings. The van der Waals surface area contributed by atoms with E-state index in [-0.39, 0.29) is 0 Å². The highest BCUT2D eigenvalue weighted by molar-refractivity contribution is 6.69. The van der Waals surface area contributed by atoms with Crippen LogP contribution in [0.15, 0.2) is 11.8 Å². The van der Waals surface area contributed by atoms with Crippen molar-refractivity contribution in [2.75, 3.05) is 0 Å². The summed E-state index contributed by atoms with van der Waals surface area (Å²) in [6, 6.07) is 0. The Kier molecular flexibility index (Phi) is 3.54. The van der Waals surface area contributed by atoms with E-state index in [0.717, 1.165) is 0 Å². The molecule has 2 nitrogen and oxygen atoms in total. The summed E-state index contributed by atoms with van der Waals surface area (Å²) < 4.78 is 5.80. The van der Waals surface area contributed by atoms with E-state index in [1.807, 2.05) is 20.8 Å². The third-order valence-electron chi connectivity index (χ3n) is 1.45. The van der Waals surface area contributed by atoms with Gasteiger partial charge < -0.3 is 9.53 Å². The van der Waals surface area contributed by atoms with Crippen LogP contribution in [0, 0.1) is 0 Å². The van der Waals surface area contributed by atoms with Crippen LogP contribution >= 0.6 is 0 Å². The highest BCUT2D eigenvalue weighted by atomic mass is 28.4. The maximum atomic E-state index is 9.51. The van der Waals surface area contributed by atoms with Crippen LogP contribution in [0.4, 0.5) is 0 Å². The van der Waals surface area contributed by atoms with Crippen LogP contribution in [0.25, 0.3) is 0 Å². The third-order valence-corrected chi connectivity index (χ3v) is 2.57. The fourth-order valence-electron chi connectivity index (χ4n) is 1.17. The predicted octanol–water partition coefficient (Wildman–Crippen LogP) is 3.08. The molecule has 0 amide bonds. The molecular weight excluding hydrogens is 168 g/mol. The monoisotopic (exact) mass is 188 g/mol. The van der Waals surface area contributed by atoms with E-state index in [9.17, 15) is 5.11 Å². The number of aliphatic hydroxyl groups is 1. The van der Waals surface area contributed by atoms with Gasteiger partial charge in [0, 0.05) is 0 Å². The molecule has 0 aliphatic heterocycles. The first-order valence-electron chi connectivity index (χ1n) is 4.25. The zero-order valence-corrected chi connectivity index (χ0v) is 9.93. The molecule has 12 heavy (non-hydrogen) atoms. The summed E-state index contributed by atoms with van der Waals surface area (Å²) >= 11 is 0. The van der Waals surface area contributed by atoms with Crippen LogP contribution in [-0.2, 0) is 4.43 Å². The molecule has 0 aliphatic carbocycles. The first kappa shape index (κ1) is 11.7. The second-order valence-corrected chi connectivity index (χ2v) is 8.83. The summed E-state index contributed by atoms with van der Waals surface area (Å²) in [4.78, 5) is 0. The Labute approximate surface area is 76.4 Å².